The molecule has 0 radical (unpaired) electrons. The number of hydrogen-bond donors (Lipinski definition) is 1. The average molecular weight is 528 g/mol. The fourth-order valence-electron chi connectivity index (χ4n) is 6.96. The summed E-state index contributed by atoms with van der Waals surface area (Å²) in [6.45, 7) is 2.40. The third-order valence-corrected chi connectivity index (χ3v) is 9.15. The first kappa shape index (κ1) is 24.0. The van der Waals surface area contributed by atoms with Crippen molar-refractivity contribution in [2.24, 2.45) is 0 Å². The smallest absolute Gasteiger partial charge is 0.0471 e. The van der Waals surface area contributed by atoms with Crippen LogP contribution in [0.4, 0.5) is 0 Å². The van der Waals surface area contributed by atoms with Gasteiger partial charge in [0.15, 0.2) is 0 Å². The number of fused-ring (bicyclic) bond motifs is 6. The lowest BCUT2D eigenvalue weighted by atomic mass is 9.70. The summed E-state index contributed by atoms with van der Waals surface area (Å²) in [5, 5.41) is 2.55. The molecule has 1 heterocycles. The maximum Gasteiger partial charge on any atom is 0.0471 e. The van der Waals surface area contributed by atoms with Gasteiger partial charge in [-0.1, -0.05) is 128 Å². The maximum atomic E-state index is 3.58. The van der Waals surface area contributed by atoms with Gasteiger partial charge in [-0.3, -0.25) is 0 Å². The van der Waals surface area contributed by atoms with E-state index in [1.54, 1.807) is 0 Å². The Morgan fingerprint density at radius 2 is 1.15 bits per heavy atom. The van der Waals surface area contributed by atoms with Gasteiger partial charge in [-0.15, -0.1) is 0 Å². The summed E-state index contributed by atoms with van der Waals surface area (Å²) in [5.41, 5.74) is 14.4. The Labute approximate surface area is 242 Å². The predicted molar refractivity (Wildman–Crippen MR) is 176 cm³/mol. The normalized spacial score (nSPS) is 16.0. The Balaban J connectivity index is 0.00000288. The minimum atomic E-state index is 0. The highest BCUT2D eigenvalue weighted by molar-refractivity contribution is 6.08. The first-order valence-corrected chi connectivity index (χ1v) is 14.6. The molecule has 1 N–H and O–H groups in total. The van der Waals surface area contributed by atoms with Gasteiger partial charge in [-0.25, -0.2) is 0 Å². The van der Waals surface area contributed by atoms with Crippen molar-refractivity contribution < 1.29 is 1.43 Å². The molecule has 0 saturated carbocycles. The summed E-state index contributed by atoms with van der Waals surface area (Å²) in [4.78, 5) is 3.58. The van der Waals surface area contributed by atoms with Crippen LogP contribution in [0, 0.1) is 0 Å². The van der Waals surface area contributed by atoms with Crippen LogP contribution in [-0.4, -0.2) is 4.98 Å². The van der Waals surface area contributed by atoms with Crippen LogP contribution in [0.2, 0.25) is 0 Å². The topological polar surface area (TPSA) is 15.8 Å². The third-order valence-electron chi connectivity index (χ3n) is 9.15. The molecular formula is C40H33N. The number of para-hydroxylation sites is 1. The Bertz CT molecular complexity index is 2040. The predicted octanol–water partition coefficient (Wildman–Crippen LogP) is 11.0. The zero-order valence-corrected chi connectivity index (χ0v) is 23.1. The fraction of sp³-hybridized carbons (Fsp3) is 0.100. The first-order valence-electron chi connectivity index (χ1n) is 14.6. The van der Waals surface area contributed by atoms with E-state index in [9.17, 15) is 0 Å². The van der Waals surface area contributed by atoms with Crippen LogP contribution in [0.25, 0.3) is 55.2 Å². The number of H-pyrrole nitrogens is 1. The molecular weight excluding hydrogens is 494 g/mol. The highest BCUT2D eigenvalue weighted by Crippen LogP contribution is 2.49. The summed E-state index contributed by atoms with van der Waals surface area (Å²) in [6.07, 6.45) is 1.06. The molecule has 2 unspecified atom stereocenters. The molecule has 2 atom stereocenters. The maximum absolute atomic E-state index is 3.58. The van der Waals surface area contributed by atoms with Crippen molar-refractivity contribution in [1.82, 2.24) is 4.98 Å². The summed E-state index contributed by atoms with van der Waals surface area (Å²) in [5.74, 6) is 0.928. The number of hydrogen-bond acceptors (Lipinski definition) is 0. The Kier molecular flexibility index (Phi) is 5.63. The van der Waals surface area contributed by atoms with E-state index < -0.39 is 0 Å². The Hall–Kier alpha value is -4.88. The Morgan fingerprint density at radius 1 is 0.512 bits per heavy atom. The van der Waals surface area contributed by atoms with E-state index in [-0.39, 0.29) is 1.43 Å². The molecule has 1 nitrogen and oxygen atoms in total. The van der Waals surface area contributed by atoms with Crippen molar-refractivity contribution in [2.45, 2.75) is 25.2 Å². The molecule has 1 aliphatic carbocycles. The minimum absolute atomic E-state index is 0. The largest absolute Gasteiger partial charge is 0.354 e. The minimum Gasteiger partial charge on any atom is -0.354 e. The Morgan fingerprint density at radius 3 is 1.98 bits per heavy atom. The molecule has 7 aromatic rings. The van der Waals surface area contributed by atoms with Crippen molar-refractivity contribution >= 4 is 21.8 Å². The monoisotopic (exact) mass is 527 g/mol. The van der Waals surface area contributed by atoms with Crippen LogP contribution >= 0.6 is 0 Å². The second-order valence-corrected chi connectivity index (χ2v) is 11.5. The van der Waals surface area contributed by atoms with Crippen molar-refractivity contribution in [2.75, 3.05) is 0 Å². The van der Waals surface area contributed by atoms with Crippen LogP contribution in [0.1, 0.15) is 36.9 Å². The van der Waals surface area contributed by atoms with Gasteiger partial charge >= 0.3 is 0 Å². The number of nitrogens with one attached hydrogen (secondary N) is 1. The van der Waals surface area contributed by atoms with E-state index in [1.807, 2.05) is 0 Å². The molecule has 0 fully saturated rings. The van der Waals surface area contributed by atoms with E-state index in [4.69, 9.17) is 0 Å². The van der Waals surface area contributed by atoms with Crippen LogP contribution in [0.5, 0.6) is 0 Å². The van der Waals surface area contributed by atoms with Crippen LogP contribution in [0.15, 0.2) is 140 Å². The first-order chi connectivity index (χ1) is 20.2. The summed E-state index contributed by atoms with van der Waals surface area (Å²) in [7, 11) is 0. The van der Waals surface area contributed by atoms with Gasteiger partial charge in [-0.05, 0) is 86.5 Å². The lowest BCUT2D eigenvalue weighted by Gasteiger charge is -2.34. The number of rotatable bonds is 4. The van der Waals surface area contributed by atoms with Crippen molar-refractivity contribution in [3.8, 4) is 33.4 Å². The molecule has 1 aliphatic rings. The van der Waals surface area contributed by atoms with Crippen LogP contribution in [0.3, 0.4) is 0 Å². The molecule has 198 valence electrons. The average Bonchev–Trinajstić information content (AvgIpc) is 3.41. The second kappa shape index (κ2) is 9.64. The molecule has 1 heteroatoms. The molecule has 1 aromatic heterocycles. The van der Waals surface area contributed by atoms with E-state index >= 15 is 0 Å². The number of aromatic nitrogens is 1. The van der Waals surface area contributed by atoms with Gasteiger partial charge in [0.2, 0.25) is 0 Å². The SMILES string of the molecule is CC1c2ccc(-c3ccc(-c4ccc5c(c4)[nH]c4ccccc45)cc3)cc2-c2ccccc2C1Cc1ccccc1.[HH]. The molecule has 0 spiro atoms. The van der Waals surface area contributed by atoms with Crippen LogP contribution < -0.4 is 0 Å². The zero-order valence-electron chi connectivity index (χ0n) is 23.1. The molecule has 6 aromatic carbocycles. The highest BCUT2D eigenvalue weighted by atomic mass is 14.7. The van der Waals surface area contributed by atoms with E-state index in [2.05, 4.69) is 151 Å². The van der Waals surface area contributed by atoms with E-state index in [0.717, 1.165) is 6.42 Å². The fourth-order valence-corrected chi connectivity index (χ4v) is 6.96. The summed E-state index contributed by atoms with van der Waals surface area (Å²) in [6, 6.07) is 51.4. The van der Waals surface area contributed by atoms with Gasteiger partial charge in [0, 0.05) is 23.2 Å². The van der Waals surface area contributed by atoms with Gasteiger partial charge in [0.05, 0.1) is 0 Å². The molecule has 0 aliphatic heterocycles. The van der Waals surface area contributed by atoms with Gasteiger partial charge in [-0.2, -0.15) is 0 Å². The molecule has 41 heavy (non-hydrogen) atoms. The molecule has 0 bridgehead atoms. The van der Waals surface area contributed by atoms with Crippen LogP contribution in [-0.2, 0) is 6.42 Å². The summed E-state index contributed by atoms with van der Waals surface area (Å²) < 4.78 is 0. The second-order valence-electron chi connectivity index (χ2n) is 11.5. The summed E-state index contributed by atoms with van der Waals surface area (Å²) >= 11 is 0. The number of benzene rings is 6. The number of aromatic amines is 1. The lowest BCUT2D eigenvalue weighted by molar-refractivity contribution is 0.566. The molecule has 8 rings (SSSR count). The van der Waals surface area contributed by atoms with Gasteiger partial charge in [0.25, 0.3) is 0 Å². The highest BCUT2D eigenvalue weighted by Gasteiger charge is 2.31. The molecule has 0 amide bonds. The van der Waals surface area contributed by atoms with Crippen molar-refractivity contribution in [3.63, 3.8) is 0 Å². The quantitative estimate of drug-likeness (QED) is 0.234. The molecule has 0 saturated heterocycles. The van der Waals surface area contributed by atoms with E-state index in [0.29, 0.717) is 11.8 Å². The van der Waals surface area contributed by atoms with Crippen molar-refractivity contribution in [1.29, 1.82) is 0 Å². The van der Waals surface area contributed by atoms with E-state index in [1.165, 1.54) is 71.9 Å². The van der Waals surface area contributed by atoms with Gasteiger partial charge in [0.1, 0.15) is 0 Å². The van der Waals surface area contributed by atoms with Crippen molar-refractivity contribution in [3.05, 3.63) is 156 Å². The third kappa shape index (κ3) is 4.08. The van der Waals surface area contributed by atoms with Gasteiger partial charge < -0.3 is 4.98 Å². The standard InChI is InChI=1S/C40H31N.H2/c1-26-32-21-19-30(24-38(32)34-12-6-5-11-33(34)37(26)23-27-9-3-2-4-10-27)28-15-17-29(18-16-28)31-20-22-36-35-13-7-8-14-39(35)41-40(36)25-31;/h2-22,24-26,37,41H,23H2,1H3;1H. The zero-order chi connectivity index (χ0) is 27.3. The lowest BCUT2D eigenvalue weighted by Crippen LogP contribution is -2.18.